The lowest BCUT2D eigenvalue weighted by atomic mass is 9.44. The monoisotopic (exact) mass is 762 g/mol. The van der Waals surface area contributed by atoms with Crippen molar-refractivity contribution in [3.8, 4) is 5.88 Å². The number of anilines is 2. The van der Waals surface area contributed by atoms with Gasteiger partial charge in [-0.15, -0.1) is 18.3 Å². The van der Waals surface area contributed by atoms with E-state index in [1.54, 1.807) is 12.1 Å². The summed E-state index contributed by atoms with van der Waals surface area (Å²) in [5.41, 5.74) is 0.142. The zero-order valence-electron chi connectivity index (χ0n) is 31.0. The molecule has 0 amide bonds. The van der Waals surface area contributed by atoms with Crippen LogP contribution in [0.25, 0.3) is 0 Å². The minimum absolute atomic E-state index is 0.0557. The summed E-state index contributed by atoms with van der Waals surface area (Å²) in [6.45, 7) is 13.0. The van der Waals surface area contributed by atoms with Crippen molar-refractivity contribution in [2.24, 2.45) is 34.0 Å². The van der Waals surface area contributed by atoms with Gasteiger partial charge in [0, 0.05) is 52.6 Å². The highest BCUT2D eigenvalue weighted by Gasteiger charge is 2.68. The van der Waals surface area contributed by atoms with Crippen LogP contribution in [0.4, 0.5) is 11.6 Å². The first kappa shape index (κ1) is 38.8. The number of aliphatic hydroxyl groups is 1. The van der Waals surface area contributed by atoms with E-state index in [9.17, 15) is 23.1 Å². The molecule has 0 aliphatic heterocycles. The van der Waals surface area contributed by atoms with Crippen LogP contribution in [-0.2, 0) is 30.9 Å². The number of nitrogens with zero attached hydrogens (tertiary/aromatic N) is 2. The molecule has 3 aromatic rings. The normalized spacial score (nSPS) is 31.1. The first-order valence-corrected chi connectivity index (χ1v) is 20.6. The summed E-state index contributed by atoms with van der Waals surface area (Å²) in [6, 6.07) is 15.7. The van der Waals surface area contributed by atoms with Crippen LogP contribution in [0, 0.1) is 34.0 Å². The van der Waals surface area contributed by atoms with E-state index in [1.807, 2.05) is 37.3 Å². The molecule has 1 heterocycles. The van der Waals surface area contributed by atoms with Crippen molar-refractivity contribution in [2.75, 3.05) is 22.9 Å². The molecule has 3 fully saturated rings. The van der Waals surface area contributed by atoms with Crippen molar-refractivity contribution in [1.82, 2.24) is 9.97 Å². The van der Waals surface area contributed by atoms with Gasteiger partial charge in [0.1, 0.15) is 11.9 Å². The Morgan fingerprint density at radius 2 is 1.89 bits per heavy atom. The van der Waals surface area contributed by atoms with Gasteiger partial charge in [0.2, 0.25) is 11.8 Å². The van der Waals surface area contributed by atoms with Crippen molar-refractivity contribution in [3.05, 3.63) is 79.0 Å². The van der Waals surface area contributed by atoms with Crippen molar-refractivity contribution in [1.29, 1.82) is 0 Å². The molecule has 2 aromatic carbocycles. The number of methoxy groups -OCH3 is 1. The van der Waals surface area contributed by atoms with Crippen LogP contribution in [0.2, 0.25) is 0 Å². The molecule has 0 radical (unpaired) electrons. The maximum atomic E-state index is 13.7. The number of carbonyl (C=O) groups excluding carboxylic acids is 2. The summed E-state index contributed by atoms with van der Waals surface area (Å²) < 4.78 is 39.5. The molecule has 8 atom stereocenters. The zero-order valence-corrected chi connectivity index (χ0v) is 32.6. The SMILES string of the molecule is C=C[C@]1(C)C[C@@H](OC(=O)CSc2cccc(CNc3ccc(S(=O)(=O)Nc4nccc(OC)n4)cc3)c2)[C@]2(C)[C@H](C)CC[C@]3(CCC(=O)[C@H]32)[C@@H](C)[C@@H]1O. The first-order chi connectivity index (χ1) is 25.1. The molecular formula is C40H50N4O7S2. The van der Waals surface area contributed by atoms with Crippen LogP contribution < -0.4 is 14.8 Å². The molecule has 3 aliphatic carbocycles. The fourth-order valence-electron chi connectivity index (χ4n) is 9.22. The molecule has 284 valence electrons. The largest absolute Gasteiger partial charge is 0.481 e. The Balaban J connectivity index is 1.09. The number of aromatic nitrogens is 2. The van der Waals surface area contributed by atoms with Gasteiger partial charge in [-0.25, -0.2) is 18.1 Å². The number of aliphatic hydroxyl groups excluding tert-OH is 1. The fraction of sp³-hybridized carbons (Fsp3) is 0.500. The van der Waals surface area contributed by atoms with Gasteiger partial charge >= 0.3 is 5.97 Å². The number of nitrogens with one attached hydrogen (secondary N) is 2. The topological polar surface area (TPSA) is 157 Å². The average molecular weight is 763 g/mol. The van der Waals surface area contributed by atoms with Crippen LogP contribution in [-0.4, -0.2) is 60.3 Å². The molecular weight excluding hydrogens is 713 g/mol. The molecule has 0 spiro atoms. The molecule has 0 unspecified atom stereocenters. The van der Waals surface area contributed by atoms with E-state index in [1.165, 1.54) is 43.3 Å². The number of hydrogen-bond donors (Lipinski definition) is 3. The molecule has 11 nitrogen and oxygen atoms in total. The number of thioether (sulfide) groups is 1. The van der Waals surface area contributed by atoms with Gasteiger partial charge in [-0.3, -0.25) is 9.59 Å². The van der Waals surface area contributed by atoms with Crippen molar-refractivity contribution in [2.45, 2.75) is 88.3 Å². The Hall–Kier alpha value is -3.94. The Morgan fingerprint density at radius 1 is 1.13 bits per heavy atom. The van der Waals surface area contributed by atoms with Gasteiger partial charge in [-0.05, 0) is 84.9 Å². The summed E-state index contributed by atoms with van der Waals surface area (Å²) in [5.74, 6) is -0.0550. The molecule has 1 aromatic heterocycles. The lowest BCUT2D eigenvalue weighted by Gasteiger charge is -2.61. The van der Waals surface area contributed by atoms with Gasteiger partial charge in [-0.2, -0.15) is 4.98 Å². The third-order valence-electron chi connectivity index (χ3n) is 12.6. The fourth-order valence-corrected chi connectivity index (χ4v) is 10.9. The van der Waals surface area contributed by atoms with E-state index in [0.29, 0.717) is 19.4 Å². The second kappa shape index (κ2) is 15.1. The van der Waals surface area contributed by atoms with Gasteiger partial charge in [0.25, 0.3) is 10.0 Å². The number of Topliss-reactive ketones (excluding diaryl/α,β-unsaturated/α-hetero) is 1. The highest BCUT2D eigenvalue weighted by atomic mass is 32.2. The number of sulfonamides is 1. The second-order valence-electron chi connectivity index (χ2n) is 15.4. The third kappa shape index (κ3) is 7.44. The first-order valence-electron chi connectivity index (χ1n) is 18.1. The maximum absolute atomic E-state index is 13.7. The van der Waals surface area contributed by atoms with Gasteiger partial charge < -0.3 is 19.9 Å². The number of hydrogen-bond acceptors (Lipinski definition) is 11. The highest BCUT2D eigenvalue weighted by Crippen LogP contribution is 2.68. The highest BCUT2D eigenvalue weighted by molar-refractivity contribution is 8.00. The lowest BCUT2D eigenvalue weighted by molar-refractivity contribution is -0.205. The van der Waals surface area contributed by atoms with Crippen molar-refractivity contribution < 1.29 is 32.6 Å². The van der Waals surface area contributed by atoms with E-state index >= 15 is 0 Å². The second-order valence-corrected chi connectivity index (χ2v) is 18.1. The molecule has 3 aliphatic rings. The standard InChI is InChI=1S/C40H50N4O7S2/c1-7-38(4)22-32(39(5)25(2)15-18-40(26(3)36(38)47)19-16-31(45)35(39)40)51-34(46)24-52-29-10-8-9-27(21-29)23-42-28-11-13-30(14-12-28)53(48,49)44-37-41-20-17-33(43-37)50-6/h7-14,17,20-21,25-26,32,35-36,42,47H,1,15-16,18-19,22-24H2,2-6H3,(H,41,43,44)/t25-,26+,32-,35+,36+,38-,39+,40+/m1/s1. The Kier molecular flexibility index (Phi) is 11.0. The summed E-state index contributed by atoms with van der Waals surface area (Å²) in [7, 11) is -2.48. The van der Waals surface area contributed by atoms with E-state index < -0.39 is 33.1 Å². The van der Waals surface area contributed by atoms with E-state index in [-0.39, 0.29) is 57.4 Å². The molecule has 13 heteroatoms. The minimum atomic E-state index is -3.91. The minimum Gasteiger partial charge on any atom is -0.481 e. The maximum Gasteiger partial charge on any atom is 0.316 e. The van der Waals surface area contributed by atoms with E-state index in [4.69, 9.17) is 9.47 Å². The smallest absolute Gasteiger partial charge is 0.316 e. The van der Waals surface area contributed by atoms with Crippen LogP contribution in [0.1, 0.15) is 65.4 Å². The lowest BCUT2D eigenvalue weighted by Crippen LogP contribution is -2.63. The molecule has 53 heavy (non-hydrogen) atoms. The number of ether oxygens (including phenoxy) is 2. The quantitative estimate of drug-likeness (QED) is 0.100. The molecule has 0 saturated heterocycles. The van der Waals surface area contributed by atoms with Crippen molar-refractivity contribution in [3.63, 3.8) is 0 Å². The predicted molar refractivity (Wildman–Crippen MR) is 205 cm³/mol. The number of carbonyl (C=O) groups is 2. The Morgan fingerprint density at radius 3 is 2.60 bits per heavy atom. The summed E-state index contributed by atoms with van der Waals surface area (Å²) in [4.78, 5) is 36.2. The number of benzene rings is 2. The van der Waals surface area contributed by atoms with Crippen LogP contribution in [0.3, 0.4) is 0 Å². The summed E-state index contributed by atoms with van der Waals surface area (Å²) >= 11 is 1.39. The Labute approximate surface area is 316 Å². The number of esters is 1. The summed E-state index contributed by atoms with van der Waals surface area (Å²) in [6.07, 6.45) is 5.43. The van der Waals surface area contributed by atoms with Gasteiger partial charge in [0.15, 0.2) is 0 Å². The van der Waals surface area contributed by atoms with Crippen molar-refractivity contribution >= 4 is 45.2 Å². The van der Waals surface area contributed by atoms with E-state index in [2.05, 4.69) is 47.4 Å². The average Bonchev–Trinajstić information content (AvgIpc) is 3.51. The molecule has 6 rings (SSSR count). The predicted octanol–water partition coefficient (Wildman–Crippen LogP) is 6.90. The van der Waals surface area contributed by atoms with Gasteiger partial charge in [-0.1, -0.05) is 45.9 Å². The summed E-state index contributed by atoms with van der Waals surface area (Å²) in [5, 5.41) is 15.1. The van der Waals surface area contributed by atoms with Gasteiger partial charge in [0.05, 0.1) is 23.9 Å². The zero-order chi connectivity index (χ0) is 38.2. The number of ketones is 1. The molecule has 3 saturated carbocycles. The Bertz CT molecular complexity index is 1960. The number of rotatable bonds is 12. The van der Waals surface area contributed by atoms with Crippen LogP contribution in [0.15, 0.2) is 83.2 Å². The van der Waals surface area contributed by atoms with E-state index in [0.717, 1.165) is 35.4 Å². The van der Waals surface area contributed by atoms with Crippen LogP contribution >= 0.6 is 11.8 Å². The molecule has 2 bridgehead atoms. The third-order valence-corrected chi connectivity index (χ3v) is 14.9. The molecule has 3 N–H and O–H groups in total. The van der Waals surface area contributed by atoms with Crippen LogP contribution in [0.5, 0.6) is 5.88 Å².